The van der Waals surface area contributed by atoms with Crippen LogP contribution in [0.2, 0.25) is 0 Å². The third-order valence-electron chi connectivity index (χ3n) is 3.52. The van der Waals surface area contributed by atoms with Crippen molar-refractivity contribution in [3.63, 3.8) is 0 Å². The monoisotopic (exact) mass is 258 g/mol. The highest BCUT2D eigenvalue weighted by Crippen LogP contribution is 2.15. The van der Waals surface area contributed by atoms with Crippen LogP contribution in [0.5, 0.6) is 0 Å². The molecule has 0 bridgehead atoms. The zero-order valence-corrected chi connectivity index (χ0v) is 11.9. The average molecular weight is 258 g/mol. The number of hydrogen-bond donors (Lipinski definition) is 1. The minimum absolute atomic E-state index is 0.372. The van der Waals surface area contributed by atoms with Gasteiger partial charge in [0, 0.05) is 13.2 Å². The van der Waals surface area contributed by atoms with Gasteiger partial charge in [-0.25, -0.2) is 0 Å². The Morgan fingerprint density at radius 3 is 2.39 bits per heavy atom. The van der Waals surface area contributed by atoms with E-state index in [2.05, 4.69) is 6.92 Å². The molecule has 108 valence electrons. The molecule has 3 heteroatoms. The minimum Gasteiger partial charge on any atom is -0.388 e. The molecule has 0 aromatic carbocycles. The van der Waals surface area contributed by atoms with Gasteiger partial charge in [0.15, 0.2) is 6.29 Å². The first-order valence-corrected chi connectivity index (χ1v) is 7.76. The first-order chi connectivity index (χ1) is 8.84. The van der Waals surface area contributed by atoms with Gasteiger partial charge in [0.1, 0.15) is 6.10 Å². The van der Waals surface area contributed by atoms with Crippen LogP contribution < -0.4 is 0 Å². The molecule has 0 amide bonds. The van der Waals surface area contributed by atoms with Crippen molar-refractivity contribution in [2.24, 2.45) is 0 Å². The Morgan fingerprint density at radius 1 is 1.06 bits per heavy atom. The first kappa shape index (κ1) is 15.9. The van der Waals surface area contributed by atoms with Crippen molar-refractivity contribution in [2.75, 3.05) is 13.2 Å². The summed E-state index contributed by atoms with van der Waals surface area (Å²) in [5.74, 6) is 0. The first-order valence-electron chi connectivity index (χ1n) is 7.76. The van der Waals surface area contributed by atoms with Gasteiger partial charge in [-0.1, -0.05) is 51.9 Å². The fraction of sp³-hybridized carbons (Fsp3) is 1.00. The van der Waals surface area contributed by atoms with E-state index in [1.807, 2.05) is 0 Å². The quantitative estimate of drug-likeness (QED) is 0.608. The van der Waals surface area contributed by atoms with Gasteiger partial charge in [0.25, 0.3) is 0 Å². The predicted molar refractivity (Wildman–Crippen MR) is 73.5 cm³/mol. The van der Waals surface area contributed by atoms with Gasteiger partial charge in [0.05, 0.1) is 0 Å². The maximum atomic E-state index is 9.64. The molecule has 0 aromatic rings. The van der Waals surface area contributed by atoms with Crippen LogP contribution >= 0.6 is 0 Å². The number of aliphatic hydroxyl groups excluding tert-OH is 1. The topological polar surface area (TPSA) is 38.7 Å². The highest BCUT2D eigenvalue weighted by molar-refractivity contribution is 4.65. The molecule has 1 rings (SSSR count). The Labute approximate surface area is 112 Å². The molecule has 1 N–H and O–H groups in total. The number of hydrogen-bond acceptors (Lipinski definition) is 3. The fourth-order valence-corrected chi connectivity index (χ4v) is 2.33. The highest BCUT2D eigenvalue weighted by Gasteiger charge is 2.23. The summed E-state index contributed by atoms with van der Waals surface area (Å²) in [6, 6.07) is 0. The molecule has 0 saturated carbocycles. The Hall–Kier alpha value is -0.120. The molecule has 1 saturated heterocycles. The van der Waals surface area contributed by atoms with Crippen LogP contribution in [0.15, 0.2) is 0 Å². The van der Waals surface area contributed by atoms with Gasteiger partial charge in [-0.05, 0) is 19.3 Å². The zero-order chi connectivity index (χ0) is 13.1. The summed E-state index contributed by atoms with van der Waals surface area (Å²) in [6.07, 6.45) is 11.4. The van der Waals surface area contributed by atoms with Gasteiger partial charge in [-0.2, -0.15) is 0 Å². The van der Waals surface area contributed by atoms with E-state index < -0.39 is 6.10 Å². The van der Waals surface area contributed by atoms with Crippen LogP contribution in [-0.2, 0) is 9.47 Å². The lowest BCUT2D eigenvalue weighted by Crippen LogP contribution is -2.36. The number of ether oxygens (including phenoxy) is 2. The molecular weight excluding hydrogens is 228 g/mol. The molecule has 1 heterocycles. The minimum atomic E-state index is -0.423. The third kappa shape index (κ3) is 7.34. The second-order valence-electron chi connectivity index (χ2n) is 5.29. The van der Waals surface area contributed by atoms with Crippen molar-refractivity contribution in [2.45, 2.75) is 83.5 Å². The van der Waals surface area contributed by atoms with Gasteiger partial charge < -0.3 is 14.6 Å². The second kappa shape index (κ2) is 10.8. The lowest BCUT2D eigenvalue weighted by atomic mass is 10.1. The summed E-state index contributed by atoms with van der Waals surface area (Å²) in [6.45, 7) is 3.69. The van der Waals surface area contributed by atoms with E-state index in [1.165, 1.54) is 44.9 Å². The smallest absolute Gasteiger partial charge is 0.183 e. The summed E-state index contributed by atoms with van der Waals surface area (Å²) in [7, 11) is 0. The summed E-state index contributed by atoms with van der Waals surface area (Å²) < 4.78 is 11.0. The average Bonchev–Trinajstić information content (AvgIpc) is 2.39. The van der Waals surface area contributed by atoms with Gasteiger partial charge in [-0.15, -0.1) is 0 Å². The van der Waals surface area contributed by atoms with Crippen molar-refractivity contribution in [3.8, 4) is 0 Å². The third-order valence-corrected chi connectivity index (χ3v) is 3.52. The van der Waals surface area contributed by atoms with E-state index in [0.717, 1.165) is 32.5 Å². The Kier molecular flexibility index (Phi) is 9.54. The molecule has 2 atom stereocenters. The van der Waals surface area contributed by atoms with E-state index in [0.29, 0.717) is 0 Å². The Balaban J connectivity index is 1.83. The molecule has 0 aromatic heterocycles. The van der Waals surface area contributed by atoms with E-state index >= 15 is 0 Å². The molecule has 1 aliphatic heterocycles. The molecule has 0 radical (unpaired) electrons. The fourth-order valence-electron chi connectivity index (χ4n) is 2.33. The van der Waals surface area contributed by atoms with Crippen molar-refractivity contribution in [1.82, 2.24) is 0 Å². The Bertz CT molecular complexity index is 185. The number of rotatable bonds is 10. The van der Waals surface area contributed by atoms with Crippen LogP contribution in [0.25, 0.3) is 0 Å². The van der Waals surface area contributed by atoms with Crippen molar-refractivity contribution in [3.05, 3.63) is 0 Å². The summed E-state index contributed by atoms with van der Waals surface area (Å²) >= 11 is 0. The highest BCUT2D eigenvalue weighted by atomic mass is 16.7. The largest absolute Gasteiger partial charge is 0.388 e. The van der Waals surface area contributed by atoms with E-state index in [4.69, 9.17) is 9.47 Å². The van der Waals surface area contributed by atoms with E-state index in [1.54, 1.807) is 0 Å². The lowest BCUT2D eigenvalue weighted by molar-refractivity contribution is -0.214. The SMILES string of the molecule is CCCCCCCCCCO[C@@H]1OCCCC1O. The molecular formula is C15H30O3. The molecule has 1 fully saturated rings. The predicted octanol–water partition coefficient (Wildman–Crippen LogP) is 3.64. The Morgan fingerprint density at radius 2 is 1.72 bits per heavy atom. The number of unbranched alkanes of at least 4 members (excludes halogenated alkanes) is 7. The number of aliphatic hydroxyl groups is 1. The molecule has 3 nitrogen and oxygen atoms in total. The maximum Gasteiger partial charge on any atom is 0.183 e. The van der Waals surface area contributed by atoms with Crippen molar-refractivity contribution in [1.29, 1.82) is 0 Å². The standard InChI is InChI=1S/C15H30O3/c1-2-3-4-5-6-7-8-9-12-17-15-14(16)11-10-13-18-15/h14-16H,2-13H2,1H3/t14?,15-/m1/s1. The summed E-state index contributed by atoms with van der Waals surface area (Å²) in [5, 5.41) is 9.64. The van der Waals surface area contributed by atoms with Gasteiger partial charge in [0.2, 0.25) is 0 Å². The van der Waals surface area contributed by atoms with Crippen molar-refractivity contribution >= 4 is 0 Å². The maximum absolute atomic E-state index is 9.64. The van der Waals surface area contributed by atoms with Crippen molar-refractivity contribution < 1.29 is 14.6 Å². The molecule has 1 unspecified atom stereocenters. The molecule has 18 heavy (non-hydrogen) atoms. The summed E-state index contributed by atoms with van der Waals surface area (Å²) in [5.41, 5.74) is 0. The molecule has 0 spiro atoms. The van der Waals surface area contributed by atoms with E-state index in [-0.39, 0.29) is 6.29 Å². The van der Waals surface area contributed by atoms with Crippen LogP contribution in [0.4, 0.5) is 0 Å². The van der Waals surface area contributed by atoms with E-state index in [9.17, 15) is 5.11 Å². The van der Waals surface area contributed by atoms with Crippen LogP contribution in [-0.4, -0.2) is 30.7 Å². The van der Waals surface area contributed by atoms with Crippen LogP contribution in [0, 0.1) is 0 Å². The van der Waals surface area contributed by atoms with Crippen LogP contribution in [0.3, 0.4) is 0 Å². The summed E-state index contributed by atoms with van der Waals surface area (Å²) in [4.78, 5) is 0. The van der Waals surface area contributed by atoms with Gasteiger partial charge in [-0.3, -0.25) is 0 Å². The second-order valence-corrected chi connectivity index (χ2v) is 5.29. The molecule has 1 aliphatic rings. The molecule has 0 aliphatic carbocycles. The lowest BCUT2D eigenvalue weighted by Gasteiger charge is -2.27. The van der Waals surface area contributed by atoms with Gasteiger partial charge >= 0.3 is 0 Å². The zero-order valence-electron chi connectivity index (χ0n) is 11.9. The normalized spacial score (nSPS) is 24.3. The van der Waals surface area contributed by atoms with Crippen LogP contribution in [0.1, 0.15) is 71.1 Å².